The van der Waals surface area contributed by atoms with Crippen molar-refractivity contribution in [3.05, 3.63) is 146 Å². The van der Waals surface area contributed by atoms with Crippen molar-refractivity contribution in [1.82, 2.24) is 29.7 Å². The predicted molar refractivity (Wildman–Crippen MR) is 314 cm³/mol. The molecule has 6 bridgehead atoms. The zero-order valence-electron chi connectivity index (χ0n) is 46.6. The third-order valence-corrected chi connectivity index (χ3v) is 17.5. The Kier molecular flexibility index (Phi) is 20.9. The fourth-order valence-corrected chi connectivity index (χ4v) is 13.3. The lowest BCUT2D eigenvalue weighted by Gasteiger charge is -2.50. The highest BCUT2D eigenvalue weighted by Crippen LogP contribution is 2.45. The monoisotopic (exact) mass is 1170 g/mol. The molecule has 22 heteroatoms. The lowest BCUT2D eigenvalue weighted by atomic mass is 9.73. The van der Waals surface area contributed by atoms with Crippen LogP contribution in [0, 0.1) is 35.5 Å². The van der Waals surface area contributed by atoms with Gasteiger partial charge in [0.2, 0.25) is 0 Å². The van der Waals surface area contributed by atoms with E-state index in [1.165, 1.54) is 19.3 Å². The summed E-state index contributed by atoms with van der Waals surface area (Å²) in [5.41, 5.74) is 5.54. The van der Waals surface area contributed by atoms with Crippen LogP contribution >= 0.6 is 15.6 Å². The summed E-state index contributed by atoms with van der Waals surface area (Å²) in [6.45, 7) is 18.2. The normalized spacial score (nSPS) is 28.0. The van der Waals surface area contributed by atoms with Gasteiger partial charge in [0.25, 0.3) is 0 Å². The minimum atomic E-state index is -4.64. The third kappa shape index (κ3) is 15.2. The summed E-state index contributed by atoms with van der Waals surface area (Å²) in [5.74, 6) is 6.02. The van der Waals surface area contributed by atoms with E-state index >= 15 is 0 Å². The number of piperidine rings is 9. The molecule has 6 aromatic rings. The van der Waals surface area contributed by atoms with E-state index in [1.807, 2.05) is 72.8 Å². The second kappa shape index (κ2) is 27.5. The smallest absolute Gasteiger partial charge is 0.466 e. The van der Waals surface area contributed by atoms with Gasteiger partial charge < -0.3 is 58.9 Å². The first kappa shape index (κ1) is 62.5. The zero-order chi connectivity index (χ0) is 59.0. The number of hydrogen-bond donors (Lipinski definition) is 9. The Morgan fingerprint density at radius 3 is 0.939 bits per heavy atom. The number of phosphoric acid groups is 2. The number of nitrogens with zero attached hydrogens (tertiary/aromatic N) is 6. The van der Waals surface area contributed by atoms with Crippen LogP contribution in [-0.4, -0.2) is 153 Å². The molecule has 9 saturated heterocycles. The van der Waals surface area contributed by atoms with Gasteiger partial charge in [0.05, 0.1) is 56.2 Å². The van der Waals surface area contributed by atoms with E-state index in [1.54, 1.807) is 39.9 Å². The largest absolute Gasteiger partial charge is 0.497 e. The van der Waals surface area contributed by atoms with Gasteiger partial charge in [-0.15, -0.1) is 19.7 Å². The molecule has 0 saturated carbocycles. The molecule has 82 heavy (non-hydrogen) atoms. The number of ether oxygens (including phenoxy) is 3. The summed E-state index contributed by atoms with van der Waals surface area (Å²) in [6, 6.07) is 23.9. The van der Waals surface area contributed by atoms with Gasteiger partial charge in [-0.3, -0.25) is 29.7 Å². The van der Waals surface area contributed by atoms with Crippen molar-refractivity contribution in [2.45, 2.75) is 75.0 Å². The maximum absolute atomic E-state index is 11.2. The van der Waals surface area contributed by atoms with Crippen LogP contribution in [0.1, 0.15) is 73.5 Å². The van der Waals surface area contributed by atoms with E-state index in [2.05, 4.69) is 67.6 Å². The SMILES string of the molecule is C=C[C@H]1CN2CC[C@H]1C[C@H]2[C@H](O)c1ccnc2ccc(OC)cc12.C=C[C@H]1CN2CC[C@H]1C[C@H]2[C@H](O)c1ccnc2ccc(OC)cc12.C=C[C@H]1CN2CC[C@H]1C[C@H]2[C@H](O)c1ccnc2ccc(OC)cc12.O=P(O)(O)O.O=P(O)(O)O. The van der Waals surface area contributed by atoms with E-state index < -0.39 is 34.0 Å². The van der Waals surface area contributed by atoms with Crippen molar-refractivity contribution < 1.29 is 68.0 Å². The summed E-state index contributed by atoms with van der Waals surface area (Å²) in [6.07, 6.45) is 16.9. The molecule has 0 spiro atoms. The van der Waals surface area contributed by atoms with Crippen molar-refractivity contribution in [2.24, 2.45) is 35.5 Å². The molecule has 3 aromatic heterocycles. The van der Waals surface area contributed by atoms with Gasteiger partial charge >= 0.3 is 15.6 Å². The van der Waals surface area contributed by atoms with Crippen molar-refractivity contribution in [3.8, 4) is 17.2 Å². The molecule has 20 nitrogen and oxygen atoms in total. The van der Waals surface area contributed by atoms with Crippen LogP contribution in [0.3, 0.4) is 0 Å². The van der Waals surface area contributed by atoms with E-state index in [9.17, 15) is 15.3 Å². The minimum absolute atomic E-state index is 0.178. The van der Waals surface area contributed by atoms with E-state index in [0.717, 1.165) is 125 Å². The zero-order valence-corrected chi connectivity index (χ0v) is 48.4. The summed E-state index contributed by atoms with van der Waals surface area (Å²) < 4.78 is 33.8. The molecule has 3 unspecified atom stereocenters. The molecule has 0 radical (unpaired) electrons. The fourth-order valence-electron chi connectivity index (χ4n) is 13.3. The minimum Gasteiger partial charge on any atom is -0.497 e. The first-order chi connectivity index (χ1) is 39.1. The molecule has 0 aliphatic carbocycles. The van der Waals surface area contributed by atoms with Crippen LogP contribution in [0.15, 0.2) is 129 Å². The van der Waals surface area contributed by atoms with Gasteiger partial charge in [0.15, 0.2) is 0 Å². The van der Waals surface area contributed by atoms with E-state index in [0.29, 0.717) is 35.5 Å². The number of hydrogen-bond acceptors (Lipinski definition) is 14. The number of benzene rings is 3. The molecule has 15 atom stereocenters. The van der Waals surface area contributed by atoms with Gasteiger partial charge in [0, 0.05) is 72.5 Å². The Morgan fingerprint density at radius 1 is 0.476 bits per heavy atom. The predicted octanol–water partition coefficient (Wildman–Crippen LogP) is 7.66. The van der Waals surface area contributed by atoms with Gasteiger partial charge in [-0.25, -0.2) is 9.13 Å². The van der Waals surface area contributed by atoms with E-state index in [-0.39, 0.29) is 18.1 Å². The number of aliphatic hydroxyl groups excluding tert-OH is 3. The molecular weight excluding hydrogens is 1090 g/mol. The van der Waals surface area contributed by atoms with Gasteiger partial charge in [0.1, 0.15) is 17.2 Å². The molecule has 3 aromatic carbocycles. The average Bonchev–Trinajstić information content (AvgIpc) is 3.15. The maximum atomic E-state index is 11.2. The number of pyridine rings is 3. The number of aromatic nitrogens is 3. The Labute approximate surface area is 478 Å². The molecule has 0 amide bonds. The molecule has 12 heterocycles. The van der Waals surface area contributed by atoms with Crippen molar-refractivity contribution >= 4 is 48.4 Å². The summed E-state index contributed by atoms with van der Waals surface area (Å²) in [4.78, 5) is 63.7. The second-order valence-corrected chi connectivity index (χ2v) is 24.0. The quantitative estimate of drug-likeness (QED) is 0.0420. The Morgan fingerprint density at radius 2 is 0.732 bits per heavy atom. The highest BCUT2D eigenvalue weighted by atomic mass is 31.2. The highest BCUT2D eigenvalue weighted by molar-refractivity contribution is 7.45. The summed E-state index contributed by atoms with van der Waals surface area (Å²) in [7, 11) is -4.29. The lowest BCUT2D eigenvalue weighted by Crippen LogP contribution is -2.54. The van der Waals surface area contributed by atoms with Crippen LogP contribution in [0.25, 0.3) is 32.7 Å². The standard InChI is InChI=1S/3C20H24N2O2.2H3O4P/c3*1-3-13-12-22-9-7-14(13)10-19(22)20(23)16-6-8-21-18-5-4-15(24-2)11-17(16)18;2*1-5(2,3)4/h3*3-6,8,11,13-14,19-20,23H,1,7,9-10,12H2,2H3;2*(H3,1,2,3,4)/t3*13-,14-,19-,20+;;/m000../s1. The van der Waals surface area contributed by atoms with Crippen LogP contribution in [0.2, 0.25) is 0 Å². The average molecular weight is 1170 g/mol. The Hall–Kier alpha value is -5.51. The van der Waals surface area contributed by atoms with Crippen molar-refractivity contribution in [3.63, 3.8) is 0 Å². The summed E-state index contributed by atoms with van der Waals surface area (Å²) >= 11 is 0. The molecular formula is C60H78N6O14P2. The Bertz CT molecular complexity index is 2930. The topological polar surface area (TPSA) is 292 Å². The van der Waals surface area contributed by atoms with Crippen LogP contribution < -0.4 is 14.2 Å². The first-order valence-electron chi connectivity index (χ1n) is 27.6. The first-order valence-corrected chi connectivity index (χ1v) is 30.7. The number of fused-ring (bicyclic) bond motifs is 12. The molecule has 9 aliphatic heterocycles. The molecule has 9 N–H and O–H groups in total. The van der Waals surface area contributed by atoms with Gasteiger partial charge in [-0.2, -0.15) is 0 Å². The second-order valence-electron chi connectivity index (χ2n) is 21.9. The van der Waals surface area contributed by atoms with E-state index in [4.69, 9.17) is 52.7 Å². The number of rotatable bonds is 12. The number of aliphatic hydroxyl groups is 3. The number of methoxy groups -OCH3 is 3. The van der Waals surface area contributed by atoms with Gasteiger partial charge in [-0.05, 0) is 183 Å². The fraction of sp³-hybridized carbons (Fsp3) is 0.450. The van der Waals surface area contributed by atoms with Crippen molar-refractivity contribution in [2.75, 3.05) is 60.6 Å². The maximum Gasteiger partial charge on any atom is 0.466 e. The van der Waals surface area contributed by atoms with Crippen LogP contribution in [0.4, 0.5) is 0 Å². The van der Waals surface area contributed by atoms with Crippen molar-refractivity contribution in [1.29, 1.82) is 0 Å². The van der Waals surface area contributed by atoms with Gasteiger partial charge in [-0.1, -0.05) is 18.2 Å². The molecule has 9 aliphatic rings. The molecule has 9 fully saturated rings. The lowest BCUT2D eigenvalue weighted by molar-refractivity contribution is -0.0445. The summed E-state index contributed by atoms with van der Waals surface area (Å²) in [5, 5.41) is 36.4. The van der Waals surface area contributed by atoms with Crippen LogP contribution in [0.5, 0.6) is 17.2 Å². The highest BCUT2D eigenvalue weighted by Gasteiger charge is 2.45. The third-order valence-electron chi connectivity index (χ3n) is 17.5. The Balaban J connectivity index is 0.000000148. The molecule has 15 rings (SSSR count). The van der Waals surface area contributed by atoms with Crippen LogP contribution in [-0.2, 0) is 9.13 Å². The molecule has 442 valence electrons.